The van der Waals surface area contributed by atoms with Crippen LogP contribution in [-0.2, 0) is 28.8 Å². The number of hydrogen-bond donors (Lipinski definition) is 8. The van der Waals surface area contributed by atoms with Crippen LogP contribution < -0.4 is 27.4 Å². The Bertz CT molecular complexity index is 713. The van der Waals surface area contributed by atoms with E-state index < -0.39 is 72.3 Å². The lowest BCUT2D eigenvalue weighted by Gasteiger charge is -2.26. The minimum Gasteiger partial charge on any atom is -0.481 e. The van der Waals surface area contributed by atoms with Gasteiger partial charge in [0.2, 0.25) is 23.6 Å². The van der Waals surface area contributed by atoms with Gasteiger partial charge in [0.25, 0.3) is 0 Å². The third-order valence-corrected chi connectivity index (χ3v) is 4.36. The summed E-state index contributed by atoms with van der Waals surface area (Å²) in [5.41, 5.74) is 10.5. The van der Waals surface area contributed by atoms with E-state index in [1.807, 2.05) is 0 Å². The van der Waals surface area contributed by atoms with Gasteiger partial charge >= 0.3 is 11.9 Å². The fourth-order valence-corrected chi connectivity index (χ4v) is 2.48. The number of hydrogen-bond acceptors (Lipinski definition) is 8. The van der Waals surface area contributed by atoms with Crippen LogP contribution in [0, 0.1) is 5.92 Å². The lowest BCUT2D eigenvalue weighted by atomic mass is 10.0. The fourth-order valence-electron chi connectivity index (χ4n) is 2.48. The van der Waals surface area contributed by atoms with E-state index in [4.69, 9.17) is 16.6 Å². The summed E-state index contributed by atoms with van der Waals surface area (Å²) in [7, 11) is 0. The fraction of sp³-hybridized carbons (Fsp3) is 0.667. The molecule has 0 saturated carbocycles. The standard InChI is InChI=1S/C18H31N5O9/c1-8(2)14(17(30)21-10(18(31)32)4-5-12(20)25)23-16(29)11(7-24)22-15(28)9(19)3-6-13(26)27/h8-11,14,24H,3-7,19H2,1-2H3,(H2,20,25)(H,21,30)(H,22,28)(H,23,29)(H,26,27)(H,31,32). The second-order valence-electron chi connectivity index (χ2n) is 7.42. The molecule has 14 nitrogen and oxygen atoms in total. The third kappa shape index (κ3) is 10.7. The van der Waals surface area contributed by atoms with Crippen LogP contribution in [0.5, 0.6) is 0 Å². The Hall–Kier alpha value is -3.26. The average Bonchev–Trinajstić information content (AvgIpc) is 2.69. The molecule has 0 aromatic carbocycles. The first-order chi connectivity index (χ1) is 14.8. The number of carboxylic acid groups (broad SMARTS) is 2. The Labute approximate surface area is 184 Å². The van der Waals surface area contributed by atoms with Crippen molar-refractivity contribution >= 4 is 35.6 Å². The Balaban J connectivity index is 5.15. The van der Waals surface area contributed by atoms with Gasteiger partial charge < -0.3 is 42.7 Å². The van der Waals surface area contributed by atoms with E-state index in [2.05, 4.69) is 16.0 Å². The number of nitrogens with one attached hydrogen (secondary N) is 3. The number of carboxylic acids is 2. The summed E-state index contributed by atoms with van der Waals surface area (Å²) in [4.78, 5) is 69.8. The molecule has 4 atom stereocenters. The maximum absolute atomic E-state index is 12.5. The van der Waals surface area contributed by atoms with Crippen molar-refractivity contribution in [1.29, 1.82) is 0 Å². The van der Waals surface area contributed by atoms with E-state index >= 15 is 0 Å². The number of rotatable bonds is 15. The first kappa shape index (κ1) is 28.7. The van der Waals surface area contributed by atoms with Gasteiger partial charge in [-0.15, -0.1) is 0 Å². The van der Waals surface area contributed by atoms with E-state index in [0.29, 0.717) is 0 Å². The van der Waals surface area contributed by atoms with Crippen LogP contribution in [0.4, 0.5) is 0 Å². The minimum absolute atomic E-state index is 0.195. The van der Waals surface area contributed by atoms with Gasteiger partial charge in [-0.25, -0.2) is 4.79 Å². The molecule has 0 radical (unpaired) electrons. The lowest BCUT2D eigenvalue weighted by molar-refractivity contribution is -0.143. The molecule has 182 valence electrons. The molecule has 0 aromatic heterocycles. The van der Waals surface area contributed by atoms with Crippen LogP contribution >= 0.6 is 0 Å². The summed E-state index contributed by atoms with van der Waals surface area (Å²) >= 11 is 0. The Morgan fingerprint density at radius 2 is 1.38 bits per heavy atom. The number of amides is 4. The van der Waals surface area contributed by atoms with Crippen molar-refractivity contribution in [3.63, 3.8) is 0 Å². The average molecular weight is 461 g/mol. The van der Waals surface area contributed by atoms with Crippen LogP contribution in [0.1, 0.15) is 39.5 Å². The van der Waals surface area contributed by atoms with Gasteiger partial charge in [-0.05, 0) is 18.8 Å². The van der Waals surface area contributed by atoms with Crippen LogP contribution in [0.15, 0.2) is 0 Å². The van der Waals surface area contributed by atoms with Crippen molar-refractivity contribution in [2.45, 2.75) is 63.7 Å². The number of carbonyl (C=O) groups excluding carboxylic acids is 4. The zero-order valence-corrected chi connectivity index (χ0v) is 17.9. The normalized spacial score (nSPS) is 14.5. The predicted octanol–water partition coefficient (Wildman–Crippen LogP) is -3.37. The summed E-state index contributed by atoms with van der Waals surface area (Å²) in [6.45, 7) is 2.29. The number of aliphatic carboxylic acids is 2. The molecule has 0 bridgehead atoms. The van der Waals surface area contributed by atoms with E-state index in [-0.39, 0.29) is 25.7 Å². The first-order valence-electron chi connectivity index (χ1n) is 9.80. The molecule has 32 heavy (non-hydrogen) atoms. The highest BCUT2D eigenvalue weighted by Gasteiger charge is 2.31. The molecule has 10 N–H and O–H groups in total. The second-order valence-corrected chi connectivity index (χ2v) is 7.42. The third-order valence-electron chi connectivity index (χ3n) is 4.36. The SMILES string of the molecule is CC(C)C(NC(=O)C(CO)NC(=O)C(N)CCC(=O)O)C(=O)NC(CCC(N)=O)C(=O)O. The largest absolute Gasteiger partial charge is 0.481 e. The Kier molecular flexibility index (Phi) is 12.5. The molecule has 0 aliphatic carbocycles. The lowest BCUT2D eigenvalue weighted by Crippen LogP contribution is -2.59. The zero-order valence-electron chi connectivity index (χ0n) is 17.9. The molecule has 0 spiro atoms. The molecule has 0 fully saturated rings. The van der Waals surface area contributed by atoms with Crippen molar-refractivity contribution in [3.8, 4) is 0 Å². The van der Waals surface area contributed by atoms with E-state index in [0.717, 1.165) is 0 Å². The first-order valence-corrected chi connectivity index (χ1v) is 9.80. The van der Waals surface area contributed by atoms with Gasteiger partial charge in [0, 0.05) is 12.8 Å². The molecule has 0 heterocycles. The summed E-state index contributed by atoms with van der Waals surface area (Å²) in [5.74, 6) is -6.49. The molecule has 4 amide bonds. The van der Waals surface area contributed by atoms with Gasteiger partial charge in [0.1, 0.15) is 18.1 Å². The van der Waals surface area contributed by atoms with Crippen LogP contribution in [0.3, 0.4) is 0 Å². The van der Waals surface area contributed by atoms with Gasteiger partial charge in [0.15, 0.2) is 0 Å². The van der Waals surface area contributed by atoms with E-state index in [1.54, 1.807) is 13.8 Å². The highest BCUT2D eigenvalue weighted by atomic mass is 16.4. The number of aliphatic hydroxyl groups is 1. The van der Waals surface area contributed by atoms with Crippen molar-refractivity contribution < 1.29 is 44.1 Å². The topological polar surface area (TPSA) is 251 Å². The molecule has 0 aromatic rings. The number of aliphatic hydroxyl groups excluding tert-OH is 1. The second kappa shape index (κ2) is 13.9. The van der Waals surface area contributed by atoms with Gasteiger partial charge in [-0.3, -0.25) is 24.0 Å². The Morgan fingerprint density at radius 3 is 1.81 bits per heavy atom. The maximum Gasteiger partial charge on any atom is 0.326 e. The van der Waals surface area contributed by atoms with Gasteiger partial charge in [0.05, 0.1) is 12.6 Å². The molecule has 14 heteroatoms. The number of primary amides is 1. The van der Waals surface area contributed by atoms with Crippen LogP contribution in [0.25, 0.3) is 0 Å². The summed E-state index contributed by atoms with van der Waals surface area (Å²) < 4.78 is 0. The smallest absolute Gasteiger partial charge is 0.326 e. The highest BCUT2D eigenvalue weighted by Crippen LogP contribution is 2.06. The molecule has 0 aliphatic heterocycles. The molecular formula is C18H31N5O9. The zero-order chi connectivity index (χ0) is 25.0. The summed E-state index contributed by atoms with van der Waals surface area (Å²) in [5, 5.41) is 34.0. The molecule has 0 rings (SSSR count). The maximum atomic E-state index is 12.5. The van der Waals surface area contributed by atoms with E-state index in [1.165, 1.54) is 0 Å². The molecule has 0 saturated heterocycles. The van der Waals surface area contributed by atoms with Crippen molar-refractivity contribution in [2.75, 3.05) is 6.61 Å². The van der Waals surface area contributed by atoms with Gasteiger partial charge in [-0.2, -0.15) is 0 Å². The summed E-state index contributed by atoms with van der Waals surface area (Å²) in [6, 6.07) is -5.38. The monoisotopic (exact) mass is 461 g/mol. The predicted molar refractivity (Wildman–Crippen MR) is 109 cm³/mol. The highest BCUT2D eigenvalue weighted by molar-refractivity contribution is 5.94. The van der Waals surface area contributed by atoms with E-state index in [9.17, 15) is 39.0 Å². The quantitative estimate of drug-likeness (QED) is 0.120. The molecule has 0 aliphatic rings. The summed E-state index contributed by atoms with van der Waals surface area (Å²) in [6.07, 6.45) is -1.10. The number of nitrogens with two attached hydrogens (primary N) is 2. The minimum atomic E-state index is -1.49. The van der Waals surface area contributed by atoms with Crippen molar-refractivity contribution in [1.82, 2.24) is 16.0 Å². The Morgan fingerprint density at radius 1 is 0.812 bits per heavy atom. The van der Waals surface area contributed by atoms with Crippen molar-refractivity contribution in [3.05, 3.63) is 0 Å². The van der Waals surface area contributed by atoms with Crippen LogP contribution in [-0.4, -0.2) is 81.7 Å². The van der Waals surface area contributed by atoms with Gasteiger partial charge in [-0.1, -0.05) is 13.8 Å². The number of carbonyl (C=O) groups is 6. The molecule has 4 unspecified atom stereocenters. The van der Waals surface area contributed by atoms with Crippen LogP contribution in [0.2, 0.25) is 0 Å². The molecular weight excluding hydrogens is 430 g/mol. The van der Waals surface area contributed by atoms with Crippen molar-refractivity contribution in [2.24, 2.45) is 17.4 Å².